The molecule has 1 unspecified atom stereocenters. The number of nitrogens with zero attached hydrogens (tertiary/aromatic N) is 2. The van der Waals surface area contributed by atoms with E-state index in [4.69, 9.17) is 0 Å². The molecule has 1 aromatic heterocycles. The third kappa shape index (κ3) is 5.70. The Morgan fingerprint density at radius 3 is 1.54 bits per heavy atom. The van der Waals surface area contributed by atoms with E-state index in [1.807, 2.05) is 0 Å². The smallest absolute Gasteiger partial charge is 0.0755 e. The number of aromatic nitrogens is 1. The summed E-state index contributed by atoms with van der Waals surface area (Å²) in [7, 11) is 0. The van der Waals surface area contributed by atoms with Gasteiger partial charge in [0, 0.05) is 27.7 Å². The van der Waals surface area contributed by atoms with Gasteiger partial charge in [0.1, 0.15) is 0 Å². The van der Waals surface area contributed by atoms with Crippen molar-refractivity contribution in [3.63, 3.8) is 0 Å². The van der Waals surface area contributed by atoms with Gasteiger partial charge < -0.3 is 9.47 Å². The van der Waals surface area contributed by atoms with Gasteiger partial charge in [-0.3, -0.25) is 0 Å². The highest BCUT2D eigenvalue weighted by molar-refractivity contribution is 6.13. The maximum absolute atomic E-state index is 2.53. The number of para-hydroxylation sites is 4. The fraction of sp³-hybridized carbons (Fsp3) is 0.0270. The molecule has 354 valence electrons. The van der Waals surface area contributed by atoms with E-state index < -0.39 is 10.8 Å². The van der Waals surface area contributed by atoms with Crippen molar-refractivity contribution in [3.8, 4) is 50.2 Å². The molecule has 0 saturated carbocycles. The lowest BCUT2D eigenvalue weighted by molar-refractivity contribution is 0.748. The van der Waals surface area contributed by atoms with Crippen molar-refractivity contribution < 1.29 is 0 Å². The van der Waals surface area contributed by atoms with Gasteiger partial charge >= 0.3 is 0 Å². The van der Waals surface area contributed by atoms with Crippen LogP contribution < -0.4 is 4.90 Å². The molecular weight excluding hydrogens is 917 g/mol. The minimum absolute atomic E-state index is 0.529. The Morgan fingerprint density at radius 2 is 0.789 bits per heavy atom. The van der Waals surface area contributed by atoms with E-state index >= 15 is 0 Å². The summed E-state index contributed by atoms with van der Waals surface area (Å²) in [5.41, 5.74) is 26.1. The molecule has 2 heteroatoms. The minimum Gasteiger partial charge on any atom is -0.310 e. The largest absolute Gasteiger partial charge is 0.310 e. The number of hydrogen-bond donors (Lipinski definition) is 0. The summed E-state index contributed by atoms with van der Waals surface area (Å²) >= 11 is 0. The van der Waals surface area contributed by atoms with E-state index in [1.165, 1.54) is 111 Å². The molecule has 0 bridgehead atoms. The first-order valence-corrected chi connectivity index (χ1v) is 26.5. The van der Waals surface area contributed by atoms with Gasteiger partial charge in [-0.2, -0.15) is 0 Å². The van der Waals surface area contributed by atoms with Crippen LogP contribution in [0.4, 0.5) is 17.1 Å². The number of anilines is 3. The zero-order valence-corrected chi connectivity index (χ0v) is 41.6. The summed E-state index contributed by atoms with van der Waals surface area (Å²) in [6.07, 6.45) is 0. The predicted molar refractivity (Wildman–Crippen MR) is 315 cm³/mol. The van der Waals surface area contributed by atoms with E-state index in [0.717, 1.165) is 22.6 Å². The molecule has 0 amide bonds. The number of fused-ring (bicyclic) bond motifs is 15. The highest BCUT2D eigenvalue weighted by atomic mass is 15.1. The predicted octanol–water partition coefficient (Wildman–Crippen LogP) is 18.6. The molecule has 16 rings (SSSR count). The van der Waals surface area contributed by atoms with Crippen LogP contribution in [0, 0.1) is 0 Å². The summed E-state index contributed by atoms with van der Waals surface area (Å²) in [5.74, 6) is 0. The van der Waals surface area contributed by atoms with Crippen molar-refractivity contribution in [1.29, 1.82) is 0 Å². The fourth-order valence-electron chi connectivity index (χ4n) is 14.2. The second-order valence-corrected chi connectivity index (χ2v) is 20.6. The lowest BCUT2D eigenvalue weighted by Gasteiger charge is -2.40. The zero-order chi connectivity index (χ0) is 50.0. The van der Waals surface area contributed by atoms with Crippen LogP contribution in [0.2, 0.25) is 0 Å². The Kier molecular flexibility index (Phi) is 9.20. The van der Waals surface area contributed by atoms with Crippen LogP contribution in [0.3, 0.4) is 0 Å². The Hall–Kier alpha value is -9.76. The maximum Gasteiger partial charge on any atom is 0.0755 e. The lowest BCUT2D eigenvalue weighted by atomic mass is 9.65. The molecule has 3 aliphatic rings. The van der Waals surface area contributed by atoms with Crippen LogP contribution in [0.25, 0.3) is 72.0 Å². The summed E-state index contributed by atoms with van der Waals surface area (Å²) in [5, 5.41) is 2.55. The molecule has 76 heavy (non-hydrogen) atoms. The van der Waals surface area contributed by atoms with Gasteiger partial charge in [-0.05, 0) is 126 Å². The third-order valence-corrected chi connectivity index (χ3v) is 17.1. The Balaban J connectivity index is 0.932. The number of benzene rings is 12. The second kappa shape index (κ2) is 16.4. The molecule has 13 aromatic rings. The average molecular weight is 965 g/mol. The van der Waals surface area contributed by atoms with Crippen LogP contribution >= 0.6 is 0 Å². The summed E-state index contributed by atoms with van der Waals surface area (Å²) in [4.78, 5) is 2.50. The van der Waals surface area contributed by atoms with Crippen LogP contribution in [0.5, 0.6) is 0 Å². The summed E-state index contributed by atoms with van der Waals surface area (Å²) in [6.45, 7) is 0. The molecule has 12 aromatic carbocycles. The highest BCUT2D eigenvalue weighted by Gasteiger charge is 2.51. The molecule has 1 atom stereocenters. The highest BCUT2D eigenvalue weighted by Crippen LogP contribution is 2.63. The molecule has 2 nitrogen and oxygen atoms in total. The first-order chi connectivity index (χ1) is 37.7. The van der Waals surface area contributed by atoms with E-state index in [-0.39, 0.29) is 0 Å². The monoisotopic (exact) mass is 964 g/mol. The molecule has 0 N–H and O–H groups in total. The van der Waals surface area contributed by atoms with Crippen LogP contribution in [0.1, 0.15) is 44.5 Å². The molecule has 2 heterocycles. The third-order valence-electron chi connectivity index (χ3n) is 17.1. The second-order valence-electron chi connectivity index (χ2n) is 20.6. The molecule has 1 aliphatic heterocycles. The van der Waals surface area contributed by atoms with Crippen molar-refractivity contribution in [1.82, 2.24) is 4.57 Å². The fourth-order valence-corrected chi connectivity index (χ4v) is 14.2. The maximum atomic E-state index is 2.53. The van der Waals surface area contributed by atoms with Crippen molar-refractivity contribution >= 4 is 38.9 Å². The normalized spacial score (nSPS) is 15.0. The Labute approximate surface area is 442 Å². The number of rotatable bonds is 7. The standard InChI is InChI=1S/C74H48N2/c1-4-22-49(23-5-1)55-28-12-17-39-68(55)75(53-44-42-50(43-45-53)56-32-20-33-61-58-30-11-14-35-63(58)73(71(56)61,51-24-6-2-7-25-51)52-26-8-3-9-27-52)54-46-47-59-57-29-10-15-36-64(57)74(67(59)48-54)65-37-16-19-41-70(65)76-69-40-18-13-31-60(69)62-34-21-38-66(74)72(62)76/h1-48H. The Bertz CT molecular complexity index is 4410. The van der Waals surface area contributed by atoms with Gasteiger partial charge in [0.15, 0.2) is 0 Å². The van der Waals surface area contributed by atoms with Gasteiger partial charge in [0.05, 0.1) is 33.2 Å². The average Bonchev–Trinajstić information content (AvgIpc) is 4.31. The van der Waals surface area contributed by atoms with Gasteiger partial charge in [0.25, 0.3) is 0 Å². The summed E-state index contributed by atoms with van der Waals surface area (Å²) in [6, 6.07) is 109. The van der Waals surface area contributed by atoms with Gasteiger partial charge in [-0.1, -0.05) is 249 Å². The SMILES string of the molecule is c1ccc(-c2ccccc2N(c2ccc(-c3cccc4c3C(c3ccccc3)(c3ccccc3)c3ccccc3-4)cc2)c2ccc3c(c2)C2(c4ccccc4-3)c3ccccc3-n3c4ccccc4c4cccc2c43)cc1. The molecule has 0 saturated heterocycles. The van der Waals surface area contributed by atoms with Crippen molar-refractivity contribution in [2.24, 2.45) is 0 Å². The van der Waals surface area contributed by atoms with Gasteiger partial charge in [-0.15, -0.1) is 0 Å². The molecule has 2 aliphatic carbocycles. The lowest BCUT2D eigenvalue weighted by Crippen LogP contribution is -2.33. The molecule has 1 spiro atoms. The topological polar surface area (TPSA) is 8.17 Å². The van der Waals surface area contributed by atoms with Crippen molar-refractivity contribution in [3.05, 3.63) is 336 Å². The van der Waals surface area contributed by atoms with Crippen molar-refractivity contribution in [2.75, 3.05) is 4.90 Å². The van der Waals surface area contributed by atoms with Crippen LogP contribution in [0.15, 0.2) is 291 Å². The van der Waals surface area contributed by atoms with E-state index in [2.05, 4.69) is 301 Å². The van der Waals surface area contributed by atoms with Gasteiger partial charge in [0.2, 0.25) is 0 Å². The van der Waals surface area contributed by atoms with Crippen LogP contribution in [-0.2, 0) is 10.8 Å². The van der Waals surface area contributed by atoms with E-state index in [0.29, 0.717) is 0 Å². The first-order valence-electron chi connectivity index (χ1n) is 26.5. The molecule has 0 fully saturated rings. The van der Waals surface area contributed by atoms with Crippen molar-refractivity contribution in [2.45, 2.75) is 10.8 Å². The van der Waals surface area contributed by atoms with E-state index in [1.54, 1.807) is 0 Å². The quantitative estimate of drug-likeness (QED) is 0.155. The minimum atomic E-state index is -0.591. The van der Waals surface area contributed by atoms with Gasteiger partial charge in [-0.25, -0.2) is 0 Å². The Morgan fingerprint density at radius 1 is 0.289 bits per heavy atom. The summed E-state index contributed by atoms with van der Waals surface area (Å²) < 4.78 is 2.53. The molecule has 0 radical (unpaired) electrons. The van der Waals surface area contributed by atoms with Crippen LogP contribution in [-0.4, -0.2) is 4.57 Å². The zero-order valence-electron chi connectivity index (χ0n) is 41.6. The first kappa shape index (κ1) is 42.7. The number of hydrogen-bond acceptors (Lipinski definition) is 1. The molecular formula is C74H48N2. The van der Waals surface area contributed by atoms with E-state index in [9.17, 15) is 0 Å².